The van der Waals surface area contributed by atoms with Crippen molar-refractivity contribution in [3.05, 3.63) is 35.9 Å². The highest BCUT2D eigenvalue weighted by Gasteiger charge is 2.30. The molecule has 0 radical (unpaired) electrons. The van der Waals surface area contributed by atoms with Crippen molar-refractivity contribution in [3.8, 4) is 0 Å². The Hall–Kier alpha value is -1.88. The van der Waals surface area contributed by atoms with Gasteiger partial charge >= 0.3 is 5.97 Å². The monoisotopic (exact) mass is 265 g/mol. The second-order valence-corrected chi connectivity index (χ2v) is 4.52. The van der Waals surface area contributed by atoms with Gasteiger partial charge in [-0.25, -0.2) is 4.79 Å². The first-order valence-corrected chi connectivity index (χ1v) is 6.12. The fourth-order valence-corrected chi connectivity index (χ4v) is 1.66. The molecule has 0 spiro atoms. The Morgan fingerprint density at radius 2 is 1.79 bits per heavy atom. The molecule has 2 N–H and O–H groups in total. The van der Waals surface area contributed by atoms with Crippen molar-refractivity contribution in [2.24, 2.45) is 0 Å². The number of rotatable bonds is 5. The summed E-state index contributed by atoms with van der Waals surface area (Å²) in [6.45, 7) is 4.72. The van der Waals surface area contributed by atoms with Gasteiger partial charge in [-0.3, -0.25) is 4.79 Å². The van der Waals surface area contributed by atoms with Crippen LogP contribution in [0.1, 0.15) is 32.4 Å². The molecule has 0 saturated carbocycles. The average Bonchev–Trinajstić information content (AvgIpc) is 2.35. The van der Waals surface area contributed by atoms with Crippen LogP contribution in [-0.2, 0) is 14.3 Å². The molecule has 0 aliphatic rings. The number of nitrogens with one attached hydrogen (secondary N) is 1. The van der Waals surface area contributed by atoms with Crippen LogP contribution in [0.2, 0.25) is 0 Å². The van der Waals surface area contributed by atoms with Gasteiger partial charge in [0.15, 0.2) is 6.10 Å². The molecule has 1 rings (SSSR count). The Labute approximate surface area is 112 Å². The van der Waals surface area contributed by atoms with Crippen molar-refractivity contribution in [1.29, 1.82) is 0 Å². The Morgan fingerprint density at radius 1 is 1.21 bits per heavy atom. The van der Waals surface area contributed by atoms with Gasteiger partial charge in [-0.15, -0.1) is 0 Å². The number of aliphatic hydroxyl groups is 1. The molecule has 0 bridgehead atoms. The number of esters is 1. The molecule has 5 heteroatoms. The highest BCUT2D eigenvalue weighted by molar-refractivity contribution is 5.79. The summed E-state index contributed by atoms with van der Waals surface area (Å²) in [6, 6.07) is 7.99. The van der Waals surface area contributed by atoms with Gasteiger partial charge in [-0.1, -0.05) is 30.3 Å². The van der Waals surface area contributed by atoms with Crippen molar-refractivity contribution >= 4 is 11.9 Å². The van der Waals surface area contributed by atoms with Crippen molar-refractivity contribution in [1.82, 2.24) is 5.32 Å². The zero-order valence-corrected chi connectivity index (χ0v) is 11.3. The predicted molar refractivity (Wildman–Crippen MR) is 70.2 cm³/mol. The second-order valence-electron chi connectivity index (χ2n) is 4.52. The third-order valence-corrected chi connectivity index (χ3v) is 2.43. The van der Waals surface area contributed by atoms with Gasteiger partial charge in [-0.2, -0.15) is 0 Å². The second kappa shape index (κ2) is 6.89. The van der Waals surface area contributed by atoms with Gasteiger partial charge in [0.1, 0.15) is 0 Å². The van der Waals surface area contributed by atoms with Crippen LogP contribution in [0, 0.1) is 0 Å². The van der Waals surface area contributed by atoms with Crippen LogP contribution in [0.5, 0.6) is 0 Å². The number of benzene rings is 1. The molecule has 0 aliphatic carbocycles. The fraction of sp³-hybridized carbons (Fsp3) is 0.429. The van der Waals surface area contributed by atoms with Crippen LogP contribution in [0.3, 0.4) is 0 Å². The lowest BCUT2D eigenvalue weighted by Crippen LogP contribution is -2.40. The molecule has 5 nitrogen and oxygen atoms in total. The first-order valence-electron chi connectivity index (χ1n) is 6.12. The van der Waals surface area contributed by atoms with E-state index in [0.717, 1.165) is 0 Å². The standard InChI is InChI=1S/C14H19NO4/c1-9(2)19-14(18)13(17)12(15-10(3)16)11-7-5-4-6-8-11/h4-9,12-13,17H,1-3H3,(H,15,16)/t12-,13+/m0/s1. The van der Waals surface area contributed by atoms with Crippen LogP contribution >= 0.6 is 0 Å². The molecule has 1 amide bonds. The molecule has 1 aromatic rings. The van der Waals surface area contributed by atoms with Crippen LogP contribution in [0.25, 0.3) is 0 Å². The van der Waals surface area contributed by atoms with E-state index in [1.165, 1.54) is 6.92 Å². The molecule has 0 unspecified atom stereocenters. The highest BCUT2D eigenvalue weighted by atomic mass is 16.6. The largest absolute Gasteiger partial charge is 0.461 e. The number of carbonyl (C=O) groups excluding carboxylic acids is 2. The van der Waals surface area contributed by atoms with Crippen molar-refractivity contribution in [3.63, 3.8) is 0 Å². The summed E-state index contributed by atoms with van der Waals surface area (Å²) in [5.41, 5.74) is 0.644. The smallest absolute Gasteiger partial charge is 0.337 e. The molecular weight excluding hydrogens is 246 g/mol. The molecule has 0 saturated heterocycles. The zero-order valence-electron chi connectivity index (χ0n) is 11.3. The van der Waals surface area contributed by atoms with Crippen LogP contribution in [-0.4, -0.2) is 29.2 Å². The molecule has 0 fully saturated rings. The summed E-state index contributed by atoms with van der Waals surface area (Å²) in [5.74, 6) is -1.08. The molecule has 0 heterocycles. The van der Waals surface area contributed by atoms with Gasteiger partial charge in [0.2, 0.25) is 5.91 Å². The fourth-order valence-electron chi connectivity index (χ4n) is 1.66. The molecule has 2 atom stereocenters. The van der Waals surface area contributed by atoms with Gasteiger partial charge in [0.05, 0.1) is 12.1 Å². The van der Waals surface area contributed by atoms with E-state index in [1.807, 2.05) is 6.07 Å². The Kier molecular flexibility index (Phi) is 5.51. The zero-order chi connectivity index (χ0) is 14.4. The normalized spacial score (nSPS) is 13.7. The Balaban J connectivity index is 2.91. The number of ether oxygens (including phenoxy) is 1. The van der Waals surface area contributed by atoms with Crippen LogP contribution < -0.4 is 5.32 Å². The van der Waals surface area contributed by atoms with E-state index in [1.54, 1.807) is 38.1 Å². The van der Waals surface area contributed by atoms with Gasteiger partial charge in [0, 0.05) is 6.92 Å². The summed E-state index contributed by atoms with van der Waals surface area (Å²) in [5, 5.41) is 12.6. The highest BCUT2D eigenvalue weighted by Crippen LogP contribution is 2.18. The van der Waals surface area contributed by atoms with E-state index >= 15 is 0 Å². The average molecular weight is 265 g/mol. The molecule has 1 aromatic carbocycles. The topological polar surface area (TPSA) is 75.6 Å². The summed E-state index contributed by atoms with van der Waals surface area (Å²) in [4.78, 5) is 22.9. The van der Waals surface area contributed by atoms with Gasteiger partial charge in [-0.05, 0) is 19.4 Å². The molecule has 0 aromatic heterocycles. The minimum atomic E-state index is -1.44. The van der Waals surface area contributed by atoms with E-state index in [-0.39, 0.29) is 12.0 Å². The maximum Gasteiger partial charge on any atom is 0.337 e. The minimum absolute atomic E-state index is 0.323. The summed E-state index contributed by atoms with van der Waals surface area (Å²) < 4.78 is 4.96. The van der Waals surface area contributed by atoms with Gasteiger partial charge in [0.25, 0.3) is 0 Å². The van der Waals surface area contributed by atoms with Crippen LogP contribution in [0.4, 0.5) is 0 Å². The lowest BCUT2D eigenvalue weighted by molar-refractivity contribution is -0.159. The van der Waals surface area contributed by atoms with Crippen molar-refractivity contribution < 1.29 is 19.4 Å². The quantitative estimate of drug-likeness (QED) is 0.784. The number of hydrogen-bond donors (Lipinski definition) is 2. The summed E-state index contributed by atoms with van der Waals surface area (Å²) in [7, 11) is 0. The third-order valence-electron chi connectivity index (χ3n) is 2.43. The number of amides is 1. The van der Waals surface area contributed by atoms with E-state index in [9.17, 15) is 14.7 Å². The number of aliphatic hydroxyl groups excluding tert-OH is 1. The first kappa shape index (κ1) is 15.2. The molecule has 19 heavy (non-hydrogen) atoms. The third kappa shape index (κ3) is 4.71. The molecular formula is C14H19NO4. The lowest BCUT2D eigenvalue weighted by Gasteiger charge is -2.23. The number of hydrogen-bond acceptors (Lipinski definition) is 4. The Bertz CT molecular complexity index is 430. The van der Waals surface area contributed by atoms with Crippen molar-refractivity contribution in [2.45, 2.75) is 39.0 Å². The maximum absolute atomic E-state index is 11.7. The predicted octanol–water partition coefficient (Wildman–Crippen LogP) is 1.18. The van der Waals surface area contributed by atoms with Crippen LogP contribution in [0.15, 0.2) is 30.3 Å². The minimum Gasteiger partial charge on any atom is -0.461 e. The molecule has 0 aliphatic heterocycles. The summed E-state index contributed by atoms with van der Waals surface area (Å²) in [6.07, 6.45) is -1.76. The summed E-state index contributed by atoms with van der Waals surface area (Å²) >= 11 is 0. The molecule has 104 valence electrons. The van der Waals surface area contributed by atoms with Gasteiger partial charge < -0.3 is 15.2 Å². The van der Waals surface area contributed by atoms with Crippen molar-refractivity contribution in [2.75, 3.05) is 0 Å². The SMILES string of the molecule is CC(=O)N[C@@H](c1ccccc1)[C@@H](O)C(=O)OC(C)C. The number of carbonyl (C=O) groups is 2. The lowest BCUT2D eigenvalue weighted by atomic mass is 10.0. The first-order chi connectivity index (χ1) is 8.91. The van der Waals surface area contributed by atoms with E-state index in [4.69, 9.17) is 4.74 Å². The van der Waals surface area contributed by atoms with E-state index in [2.05, 4.69) is 5.32 Å². The van der Waals surface area contributed by atoms with E-state index in [0.29, 0.717) is 5.56 Å². The van der Waals surface area contributed by atoms with E-state index < -0.39 is 18.1 Å². The maximum atomic E-state index is 11.7. The Morgan fingerprint density at radius 3 is 2.26 bits per heavy atom.